The van der Waals surface area contributed by atoms with Crippen LogP contribution in [0.2, 0.25) is 5.02 Å². The minimum atomic E-state index is -0.503. The van der Waals surface area contributed by atoms with E-state index in [0.29, 0.717) is 17.2 Å². The molecule has 3 aromatic rings. The van der Waals surface area contributed by atoms with Crippen molar-refractivity contribution < 1.29 is 9.52 Å². The summed E-state index contributed by atoms with van der Waals surface area (Å²) >= 11 is 7.53. The third-order valence-electron chi connectivity index (χ3n) is 4.34. The van der Waals surface area contributed by atoms with Crippen LogP contribution in [0.1, 0.15) is 22.5 Å². The van der Waals surface area contributed by atoms with Gasteiger partial charge in [-0.05, 0) is 61.7 Å². The van der Waals surface area contributed by atoms with Gasteiger partial charge in [0.25, 0.3) is 0 Å². The van der Waals surface area contributed by atoms with E-state index in [1.54, 1.807) is 17.8 Å². The summed E-state index contributed by atoms with van der Waals surface area (Å²) in [7, 11) is 0. The molecule has 0 saturated heterocycles. The Bertz CT molecular complexity index is 1000. The Kier molecular flexibility index (Phi) is 5.98. The van der Waals surface area contributed by atoms with Crippen molar-refractivity contribution in [1.82, 2.24) is 0 Å². The van der Waals surface area contributed by atoms with E-state index in [4.69, 9.17) is 16.0 Å². The summed E-state index contributed by atoms with van der Waals surface area (Å²) in [5, 5.41) is 11.2. The number of halogens is 1. The fourth-order valence-corrected chi connectivity index (χ4v) is 4.25. The van der Waals surface area contributed by atoms with Crippen LogP contribution in [0.3, 0.4) is 0 Å². The molecule has 1 heterocycles. The first-order chi connectivity index (χ1) is 12.8. The Morgan fingerprint density at radius 3 is 2.22 bits per heavy atom. The number of benzene rings is 2. The van der Waals surface area contributed by atoms with Gasteiger partial charge in [0, 0.05) is 28.2 Å². The van der Waals surface area contributed by atoms with Gasteiger partial charge in [-0.25, -0.2) is 4.79 Å². The first-order valence-corrected chi connectivity index (χ1v) is 10.0. The smallest absolute Gasteiger partial charge is 0.347 e. The number of hydrogen-bond acceptors (Lipinski definition) is 4. The molecule has 0 amide bonds. The normalized spacial score (nSPS) is 11.0. The second-order valence-corrected chi connectivity index (χ2v) is 8.19. The highest BCUT2D eigenvalue weighted by molar-refractivity contribution is 7.99. The Hall–Kier alpha value is -2.17. The van der Waals surface area contributed by atoms with Crippen LogP contribution in [0.15, 0.2) is 56.6 Å². The molecule has 0 fully saturated rings. The van der Waals surface area contributed by atoms with Gasteiger partial charge >= 0.3 is 5.63 Å². The summed E-state index contributed by atoms with van der Waals surface area (Å²) in [4.78, 5) is 13.7. The monoisotopic (exact) mass is 400 g/mol. The van der Waals surface area contributed by atoms with E-state index in [1.807, 2.05) is 57.2 Å². The molecule has 1 N–H and O–H groups in total. The van der Waals surface area contributed by atoms with Crippen molar-refractivity contribution in [1.29, 1.82) is 0 Å². The van der Waals surface area contributed by atoms with Gasteiger partial charge in [0.1, 0.15) is 17.1 Å². The topological polar surface area (TPSA) is 50.4 Å². The molecule has 0 saturated carbocycles. The highest BCUT2D eigenvalue weighted by Gasteiger charge is 2.17. The van der Waals surface area contributed by atoms with Crippen molar-refractivity contribution in [2.45, 2.75) is 32.1 Å². The van der Waals surface area contributed by atoms with Crippen LogP contribution >= 0.6 is 23.4 Å². The van der Waals surface area contributed by atoms with E-state index in [2.05, 4.69) is 0 Å². The second kappa shape index (κ2) is 8.24. The maximum atomic E-state index is 12.6. The Labute approximate surface area is 168 Å². The van der Waals surface area contributed by atoms with Crippen molar-refractivity contribution in [3.05, 3.63) is 80.4 Å². The summed E-state index contributed by atoms with van der Waals surface area (Å²) in [5.41, 5.74) is 3.49. The zero-order valence-corrected chi connectivity index (χ0v) is 17.1. The number of thioether (sulfide) groups is 1. The quantitative estimate of drug-likeness (QED) is 0.539. The van der Waals surface area contributed by atoms with Crippen LogP contribution in [0.4, 0.5) is 0 Å². The third kappa shape index (κ3) is 4.57. The molecular formula is C22H21ClO3S. The third-order valence-corrected chi connectivity index (χ3v) is 5.61. The van der Waals surface area contributed by atoms with Gasteiger partial charge in [0.2, 0.25) is 0 Å². The van der Waals surface area contributed by atoms with Gasteiger partial charge in [-0.15, -0.1) is 11.8 Å². The van der Waals surface area contributed by atoms with E-state index in [9.17, 15) is 9.90 Å². The van der Waals surface area contributed by atoms with Crippen LogP contribution in [0.25, 0.3) is 11.1 Å². The van der Waals surface area contributed by atoms with Crippen LogP contribution in [0, 0.1) is 20.8 Å². The molecule has 27 heavy (non-hydrogen) atoms. The summed E-state index contributed by atoms with van der Waals surface area (Å²) in [6.45, 7) is 5.88. The molecule has 0 aliphatic carbocycles. The molecule has 0 aliphatic rings. The molecule has 2 aromatic carbocycles. The first kappa shape index (κ1) is 19.6. The van der Waals surface area contributed by atoms with E-state index in [1.165, 1.54) is 0 Å². The summed E-state index contributed by atoms with van der Waals surface area (Å²) in [6.07, 6.45) is 0.544. The minimum Gasteiger partial charge on any atom is -0.507 e. The number of rotatable bonds is 5. The van der Waals surface area contributed by atoms with Gasteiger partial charge in [-0.2, -0.15) is 0 Å². The van der Waals surface area contributed by atoms with E-state index in [0.717, 1.165) is 32.9 Å². The van der Waals surface area contributed by atoms with Gasteiger partial charge in [-0.3, -0.25) is 0 Å². The molecule has 3 nitrogen and oxygen atoms in total. The summed E-state index contributed by atoms with van der Waals surface area (Å²) in [5.74, 6) is 1.17. The lowest BCUT2D eigenvalue weighted by molar-refractivity contribution is 0.430. The van der Waals surface area contributed by atoms with Crippen molar-refractivity contribution >= 4 is 23.4 Å². The van der Waals surface area contributed by atoms with Gasteiger partial charge < -0.3 is 9.52 Å². The predicted molar refractivity (Wildman–Crippen MR) is 112 cm³/mol. The maximum absolute atomic E-state index is 12.6. The van der Waals surface area contributed by atoms with Crippen LogP contribution in [-0.2, 0) is 6.42 Å². The van der Waals surface area contributed by atoms with Gasteiger partial charge in [0.05, 0.1) is 0 Å². The average molecular weight is 401 g/mol. The summed E-state index contributed by atoms with van der Waals surface area (Å²) in [6, 6.07) is 13.1. The molecule has 0 spiro atoms. The van der Waals surface area contributed by atoms with Crippen molar-refractivity contribution in [3.8, 4) is 16.9 Å². The average Bonchev–Trinajstić information content (AvgIpc) is 2.58. The molecule has 5 heteroatoms. The second-order valence-electron chi connectivity index (χ2n) is 6.59. The lowest BCUT2D eigenvalue weighted by Gasteiger charge is -2.12. The zero-order chi connectivity index (χ0) is 19.6. The molecule has 0 atom stereocenters. The van der Waals surface area contributed by atoms with E-state index < -0.39 is 5.63 Å². The standard InChI is InChI=1S/C22H21ClO3S/c1-13-10-14(2)20(15(3)11-13)21-19(24)12-17(26-22(21)25)8-9-27-18-6-4-16(23)5-7-18/h4-7,10-12,24H,8-9H2,1-3H3. The first-order valence-electron chi connectivity index (χ1n) is 8.67. The van der Waals surface area contributed by atoms with E-state index in [-0.39, 0.29) is 11.3 Å². The molecule has 0 aliphatic heterocycles. The number of hydrogen-bond donors (Lipinski definition) is 1. The van der Waals surface area contributed by atoms with Crippen molar-refractivity contribution in [2.24, 2.45) is 0 Å². The number of aromatic hydroxyl groups is 1. The van der Waals surface area contributed by atoms with Gasteiger partial charge in [0.15, 0.2) is 0 Å². The van der Waals surface area contributed by atoms with Crippen LogP contribution in [-0.4, -0.2) is 10.9 Å². The molecule has 140 valence electrons. The largest absolute Gasteiger partial charge is 0.507 e. The maximum Gasteiger partial charge on any atom is 0.347 e. The molecule has 0 radical (unpaired) electrons. The Morgan fingerprint density at radius 2 is 1.63 bits per heavy atom. The van der Waals surface area contributed by atoms with Crippen molar-refractivity contribution in [2.75, 3.05) is 5.75 Å². The fraction of sp³-hybridized carbons (Fsp3) is 0.227. The number of aryl methyl sites for hydroxylation is 4. The Balaban J connectivity index is 1.81. The van der Waals surface area contributed by atoms with Crippen LogP contribution in [0.5, 0.6) is 5.75 Å². The molecule has 0 bridgehead atoms. The molecular weight excluding hydrogens is 380 g/mol. The SMILES string of the molecule is Cc1cc(C)c(-c2c(O)cc(CCSc3ccc(Cl)cc3)oc2=O)c(C)c1. The van der Waals surface area contributed by atoms with E-state index >= 15 is 0 Å². The predicted octanol–water partition coefficient (Wildman–Crippen LogP) is 5.93. The minimum absolute atomic E-state index is 0.0344. The van der Waals surface area contributed by atoms with Gasteiger partial charge in [-0.1, -0.05) is 29.3 Å². The van der Waals surface area contributed by atoms with Crippen LogP contribution < -0.4 is 5.63 Å². The highest BCUT2D eigenvalue weighted by Crippen LogP contribution is 2.33. The molecule has 1 aromatic heterocycles. The lowest BCUT2D eigenvalue weighted by Crippen LogP contribution is -2.08. The van der Waals surface area contributed by atoms with Crippen molar-refractivity contribution in [3.63, 3.8) is 0 Å². The molecule has 3 rings (SSSR count). The molecule has 0 unspecified atom stereocenters. The Morgan fingerprint density at radius 1 is 1.00 bits per heavy atom. The summed E-state index contributed by atoms with van der Waals surface area (Å²) < 4.78 is 5.49. The fourth-order valence-electron chi connectivity index (χ4n) is 3.26. The zero-order valence-electron chi connectivity index (χ0n) is 15.5. The lowest BCUT2D eigenvalue weighted by atomic mass is 9.94. The highest BCUT2D eigenvalue weighted by atomic mass is 35.5.